The summed E-state index contributed by atoms with van der Waals surface area (Å²) < 4.78 is 5.04. The number of para-hydroxylation sites is 1. The predicted molar refractivity (Wildman–Crippen MR) is 85.8 cm³/mol. The third-order valence-corrected chi connectivity index (χ3v) is 3.29. The maximum atomic E-state index is 12.0. The molecular weight excluding hydrogens is 304 g/mol. The fourth-order valence-electron chi connectivity index (χ4n) is 1.84. The van der Waals surface area contributed by atoms with Crippen LogP contribution in [0.5, 0.6) is 11.5 Å². The van der Waals surface area contributed by atoms with Gasteiger partial charge in [-0.25, -0.2) is 5.43 Å². The molecule has 0 fully saturated rings. The van der Waals surface area contributed by atoms with Gasteiger partial charge in [0, 0.05) is 16.1 Å². The number of methoxy groups -OCH3 is 1. The average molecular weight is 319 g/mol. The molecule has 0 saturated heterocycles. The number of carbonyl (C=O) groups excluding carboxylic acids is 1. The summed E-state index contributed by atoms with van der Waals surface area (Å²) in [6.45, 7) is 1.68. The molecule has 0 atom stereocenters. The first-order chi connectivity index (χ1) is 10.5. The van der Waals surface area contributed by atoms with Crippen molar-refractivity contribution < 1.29 is 14.6 Å². The van der Waals surface area contributed by atoms with Gasteiger partial charge in [-0.3, -0.25) is 4.79 Å². The normalized spacial score (nSPS) is 11.1. The number of ether oxygens (including phenoxy) is 1. The molecule has 0 saturated carbocycles. The number of benzene rings is 2. The van der Waals surface area contributed by atoms with E-state index in [-0.39, 0.29) is 11.7 Å². The summed E-state index contributed by atoms with van der Waals surface area (Å²) in [6, 6.07) is 11.5. The van der Waals surface area contributed by atoms with E-state index in [1.807, 2.05) is 0 Å². The molecular formula is C16H15ClN2O3. The first kappa shape index (κ1) is 15.9. The smallest absolute Gasteiger partial charge is 0.271 e. The van der Waals surface area contributed by atoms with Crippen molar-refractivity contribution >= 4 is 23.2 Å². The summed E-state index contributed by atoms with van der Waals surface area (Å²) in [5, 5.41) is 14.6. The number of carbonyl (C=O) groups is 1. The Morgan fingerprint density at radius 1 is 1.23 bits per heavy atom. The fourth-order valence-corrected chi connectivity index (χ4v) is 1.97. The molecule has 0 unspecified atom stereocenters. The van der Waals surface area contributed by atoms with Gasteiger partial charge in [-0.2, -0.15) is 5.10 Å². The van der Waals surface area contributed by atoms with E-state index in [0.717, 1.165) is 0 Å². The van der Waals surface area contributed by atoms with Crippen molar-refractivity contribution in [2.45, 2.75) is 6.92 Å². The van der Waals surface area contributed by atoms with E-state index in [2.05, 4.69) is 10.5 Å². The Balaban J connectivity index is 2.16. The average Bonchev–Trinajstić information content (AvgIpc) is 2.53. The Hall–Kier alpha value is -2.53. The first-order valence-corrected chi connectivity index (χ1v) is 6.87. The lowest BCUT2D eigenvalue weighted by atomic mass is 10.1. The number of rotatable bonds is 4. The first-order valence-electron chi connectivity index (χ1n) is 6.49. The number of nitrogens with one attached hydrogen (secondary N) is 1. The zero-order chi connectivity index (χ0) is 16.1. The third kappa shape index (κ3) is 3.56. The van der Waals surface area contributed by atoms with Crippen LogP contribution in [0.15, 0.2) is 47.6 Å². The number of phenolic OH excluding ortho intramolecular Hbond substituents is 1. The van der Waals surface area contributed by atoms with Gasteiger partial charge >= 0.3 is 0 Å². The summed E-state index contributed by atoms with van der Waals surface area (Å²) in [6.07, 6.45) is 0. The minimum atomic E-state index is -0.363. The molecule has 0 heterocycles. The molecule has 0 aliphatic carbocycles. The molecule has 0 spiro atoms. The van der Waals surface area contributed by atoms with E-state index in [1.54, 1.807) is 49.4 Å². The number of amides is 1. The second kappa shape index (κ2) is 6.95. The number of aromatic hydroxyl groups is 1. The SMILES string of the molecule is COc1cccc(C(C)=NNC(=O)c2ccc(Cl)cc2)c1O. The van der Waals surface area contributed by atoms with Gasteiger partial charge in [-0.15, -0.1) is 0 Å². The molecule has 22 heavy (non-hydrogen) atoms. The van der Waals surface area contributed by atoms with Crippen LogP contribution in [-0.4, -0.2) is 23.8 Å². The van der Waals surface area contributed by atoms with Crippen molar-refractivity contribution in [2.75, 3.05) is 7.11 Å². The zero-order valence-corrected chi connectivity index (χ0v) is 12.9. The van der Waals surface area contributed by atoms with E-state index >= 15 is 0 Å². The number of hydrogen-bond donors (Lipinski definition) is 2. The zero-order valence-electron chi connectivity index (χ0n) is 12.1. The predicted octanol–water partition coefficient (Wildman–Crippen LogP) is 3.21. The molecule has 5 nitrogen and oxygen atoms in total. The van der Waals surface area contributed by atoms with E-state index in [1.165, 1.54) is 7.11 Å². The highest BCUT2D eigenvalue weighted by molar-refractivity contribution is 6.30. The van der Waals surface area contributed by atoms with Crippen LogP contribution in [0.1, 0.15) is 22.8 Å². The number of halogens is 1. The van der Waals surface area contributed by atoms with E-state index in [0.29, 0.717) is 27.6 Å². The third-order valence-electron chi connectivity index (χ3n) is 3.04. The van der Waals surface area contributed by atoms with Gasteiger partial charge in [0.2, 0.25) is 0 Å². The van der Waals surface area contributed by atoms with Gasteiger partial charge in [0.25, 0.3) is 5.91 Å². The van der Waals surface area contributed by atoms with E-state index in [4.69, 9.17) is 16.3 Å². The number of hydrazone groups is 1. The minimum Gasteiger partial charge on any atom is -0.504 e. The molecule has 1 amide bonds. The molecule has 2 N–H and O–H groups in total. The summed E-state index contributed by atoms with van der Waals surface area (Å²) >= 11 is 5.77. The lowest BCUT2D eigenvalue weighted by Crippen LogP contribution is -2.19. The monoisotopic (exact) mass is 318 g/mol. The number of phenols is 1. The van der Waals surface area contributed by atoms with Gasteiger partial charge in [0.1, 0.15) is 0 Å². The summed E-state index contributed by atoms with van der Waals surface area (Å²) in [5.74, 6) is -0.0403. The number of nitrogens with zero attached hydrogens (tertiary/aromatic N) is 1. The molecule has 0 bridgehead atoms. The van der Waals surface area contributed by atoms with E-state index in [9.17, 15) is 9.90 Å². The van der Waals surface area contributed by atoms with Crippen molar-refractivity contribution in [3.63, 3.8) is 0 Å². The van der Waals surface area contributed by atoms with Crippen molar-refractivity contribution in [1.29, 1.82) is 0 Å². The van der Waals surface area contributed by atoms with Crippen molar-refractivity contribution in [2.24, 2.45) is 5.10 Å². The molecule has 0 aliphatic rings. The van der Waals surface area contributed by atoms with Gasteiger partial charge < -0.3 is 9.84 Å². The lowest BCUT2D eigenvalue weighted by Gasteiger charge is -2.08. The lowest BCUT2D eigenvalue weighted by molar-refractivity contribution is 0.0955. The molecule has 2 rings (SSSR count). The van der Waals surface area contributed by atoms with Crippen molar-refractivity contribution in [3.8, 4) is 11.5 Å². The highest BCUT2D eigenvalue weighted by Gasteiger charge is 2.10. The van der Waals surface area contributed by atoms with Crippen molar-refractivity contribution in [1.82, 2.24) is 5.43 Å². The molecule has 0 aromatic heterocycles. The Kier molecular flexibility index (Phi) is 5.01. The summed E-state index contributed by atoms with van der Waals surface area (Å²) in [4.78, 5) is 12.0. The molecule has 0 radical (unpaired) electrons. The van der Waals surface area contributed by atoms with Gasteiger partial charge in [0.15, 0.2) is 11.5 Å². The van der Waals surface area contributed by atoms with Crippen molar-refractivity contribution in [3.05, 3.63) is 58.6 Å². The maximum absolute atomic E-state index is 12.0. The standard InChI is InChI=1S/C16H15ClN2O3/c1-10(13-4-3-5-14(22-2)15(13)20)18-19-16(21)11-6-8-12(17)9-7-11/h3-9,20H,1-2H3,(H,19,21). The summed E-state index contributed by atoms with van der Waals surface area (Å²) in [7, 11) is 1.47. The van der Waals surface area contributed by atoms with E-state index < -0.39 is 0 Å². The second-order valence-electron chi connectivity index (χ2n) is 4.50. The molecule has 2 aromatic carbocycles. The van der Waals surface area contributed by atoms with Crippen LogP contribution in [0.4, 0.5) is 0 Å². The fraction of sp³-hybridized carbons (Fsp3) is 0.125. The van der Waals surface area contributed by atoms with Gasteiger partial charge in [-0.1, -0.05) is 17.7 Å². The maximum Gasteiger partial charge on any atom is 0.271 e. The van der Waals surface area contributed by atoms with Gasteiger partial charge in [0.05, 0.1) is 12.8 Å². The van der Waals surface area contributed by atoms with Gasteiger partial charge in [-0.05, 0) is 43.3 Å². The highest BCUT2D eigenvalue weighted by atomic mass is 35.5. The Bertz CT molecular complexity index is 712. The van der Waals surface area contributed by atoms with Crippen LogP contribution in [0, 0.1) is 0 Å². The van der Waals surface area contributed by atoms with Crippen LogP contribution < -0.4 is 10.2 Å². The van der Waals surface area contributed by atoms with Crippen LogP contribution in [0.25, 0.3) is 0 Å². The molecule has 0 aliphatic heterocycles. The quantitative estimate of drug-likeness (QED) is 0.671. The minimum absolute atomic E-state index is 0.0213. The highest BCUT2D eigenvalue weighted by Crippen LogP contribution is 2.29. The topological polar surface area (TPSA) is 70.9 Å². The van der Waals surface area contributed by atoms with Crippen LogP contribution in [0.3, 0.4) is 0 Å². The molecule has 6 heteroatoms. The second-order valence-corrected chi connectivity index (χ2v) is 4.94. The Morgan fingerprint density at radius 3 is 2.55 bits per heavy atom. The Labute approximate surface area is 133 Å². The van der Waals surface area contributed by atoms with Crippen LogP contribution in [-0.2, 0) is 0 Å². The largest absolute Gasteiger partial charge is 0.504 e. The molecule has 114 valence electrons. The Morgan fingerprint density at radius 2 is 1.91 bits per heavy atom. The molecule has 2 aromatic rings. The number of hydrogen-bond acceptors (Lipinski definition) is 4. The summed E-state index contributed by atoms with van der Waals surface area (Å²) in [5.41, 5.74) is 3.82. The van der Waals surface area contributed by atoms with Crippen LogP contribution >= 0.6 is 11.6 Å². The van der Waals surface area contributed by atoms with Crippen LogP contribution in [0.2, 0.25) is 5.02 Å².